The Bertz CT molecular complexity index is 909. The van der Waals surface area contributed by atoms with Crippen LogP contribution in [0.3, 0.4) is 0 Å². The molecular formula is C18H20N4O3S2. The van der Waals surface area contributed by atoms with Gasteiger partial charge in [0, 0.05) is 13.1 Å². The third kappa shape index (κ3) is 5.01. The molecule has 0 spiro atoms. The number of nitrogens with zero attached hydrogens (tertiary/aromatic N) is 2. The molecule has 0 saturated heterocycles. The molecule has 0 aromatic carbocycles. The zero-order chi connectivity index (χ0) is 19.1. The SMILES string of the molecule is CCCCOC(=O)NCCNc1nc(C(=O)c2cccs2)c2sccc2n1. The number of amides is 1. The molecule has 0 saturated carbocycles. The summed E-state index contributed by atoms with van der Waals surface area (Å²) in [7, 11) is 0. The van der Waals surface area contributed by atoms with Gasteiger partial charge in [0.05, 0.1) is 21.7 Å². The van der Waals surface area contributed by atoms with Crippen LogP contribution in [0.4, 0.5) is 10.7 Å². The predicted molar refractivity (Wildman–Crippen MR) is 108 cm³/mol. The summed E-state index contributed by atoms with van der Waals surface area (Å²) in [6.45, 7) is 3.24. The number of rotatable bonds is 9. The number of alkyl carbamates (subject to hydrolysis) is 1. The number of ether oxygens (including phenoxy) is 1. The summed E-state index contributed by atoms with van der Waals surface area (Å²) in [6.07, 6.45) is 1.39. The van der Waals surface area contributed by atoms with Crippen molar-refractivity contribution in [2.75, 3.05) is 25.0 Å². The Morgan fingerprint density at radius 1 is 1.15 bits per heavy atom. The van der Waals surface area contributed by atoms with Crippen LogP contribution in [0.15, 0.2) is 29.0 Å². The van der Waals surface area contributed by atoms with Gasteiger partial charge in [0.1, 0.15) is 5.69 Å². The smallest absolute Gasteiger partial charge is 0.407 e. The van der Waals surface area contributed by atoms with Crippen LogP contribution in [0.25, 0.3) is 10.2 Å². The Balaban J connectivity index is 1.62. The van der Waals surface area contributed by atoms with Crippen molar-refractivity contribution >= 4 is 50.7 Å². The van der Waals surface area contributed by atoms with E-state index in [0.717, 1.165) is 23.1 Å². The largest absolute Gasteiger partial charge is 0.450 e. The number of nitrogens with one attached hydrogen (secondary N) is 2. The fraction of sp³-hybridized carbons (Fsp3) is 0.333. The lowest BCUT2D eigenvalue weighted by Crippen LogP contribution is -2.30. The van der Waals surface area contributed by atoms with Crippen molar-refractivity contribution in [2.24, 2.45) is 0 Å². The zero-order valence-corrected chi connectivity index (χ0v) is 16.5. The summed E-state index contributed by atoms with van der Waals surface area (Å²) in [6, 6.07) is 5.49. The van der Waals surface area contributed by atoms with Crippen LogP contribution in [-0.4, -0.2) is 41.5 Å². The molecule has 0 unspecified atom stereocenters. The topological polar surface area (TPSA) is 93.2 Å². The van der Waals surface area contributed by atoms with E-state index in [1.54, 1.807) is 6.07 Å². The minimum Gasteiger partial charge on any atom is -0.450 e. The lowest BCUT2D eigenvalue weighted by atomic mass is 10.2. The fourth-order valence-corrected chi connectivity index (χ4v) is 3.80. The Morgan fingerprint density at radius 3 is 2.81 bits per heavy atom. The van der Waals surface area contributed by atoms with Crippen LogP contribution >= 0.6 is 22.7 Å². The second-order valence-electron chi connectivity index (χ2n) is 5.68. The third-order valence-electron chi connectivity index (χ3n) is 3.67. The number of anilines is 1. The lowest BCUT2D eigenvalue weighted by molar-refractivity contribution is 0.103. The second-order valence-corrected chi connectivity index (χ2v) is 7.54. The molecule has 3 rings (SSSR count). The number of aromatic nitrogens is 2. The van der Waals surface area contributed by atoms with E-state index in [1.807, 2.05) is 29.8 Å². The van der Waals surface area contributed by atoms with Gasteiger partial charge in [-0.15, -0.1) is 22.7 Å². The normalized spacial score (nSPS) is 10.7. The maximum absolute atomic E-state index is 12.7. The molecule has 3 aromatic rings. The summed E-state index contributed by atoms with van der Waals surface area (Å²) in [5.41, 5.74) is 1.12. The molecule has 0 atom stereocenters. The number of unbranched alkanes of at least 4 members (excludes halogenated alkanes) is 1. The molecule has 9 heteroatoms. The van der Waals surface area contributed by atoms with Crippen LogP contribution in [0.5, 0.6) is 0 Å². The number of hydrogen-bond acceptors (Lipinski definition) is 8. The Labute approximate surface area is 164 Å². The van der Waals surface area contributed by atoms with Crippen LogP contribution in [0, 0.1) is 0 Å². The van der Waals surface area contributed by atoms with E-state index >= 15 is 0 Å². The van der Waals surface area contributed by atoms with Crippen molar-refractivity contribution in [3.63, 3.8) is 0 Å². The standard InChI is InChI=1S/C18H20N4O3S2/c1-2-3-9-25-18(24)20-8-7-19-17-21-12-6-11-27-16(12)14(22-17)15(23)13-5-4-10-26-13/h4-6,10-11H,2-3,7-9H2,1H3,(H,20,24)(H,19,21,22). The molecule has 2 N–H and O–H groups in total. The van der Waals surface area contributed by atoms with E-state index in [-0.39, 0.29) is 5.78 Å². The molecular weight excluding hydrogens is 384 g/mol. The molecule has 0 aliphatic rings. The minimum absolute atomic E-state index is 0.111. The van der Waals surface area contributed by atoms with Crippen molar-refractivity contribution < 1.29 is 14.3 Å². The molecule has 3 aromatic heterocycles. The van der Waals surface area contributed by atoms with Gasteiger partial charge in [0.2, 0.25) is 11.7 Å². The van der Waals surface area contributed by atoms with E-state index in [9.17, 15) is 9.59 Å². The van der Waals surface area contributed by atoms with Crippen molar-refractivity contribution in [2.45, 2.75) is 19.8 Å². The Morgan fingerprint density at radius 2 is 2.04 bits per heavy atom. The van der Waals surface area contributed by atoms with Gasteiger partial charge in [-0.3, -0.25) is 4.79 Å². The van der Waals surface area contributed by atoms with E-state index in [0.29, 0.717) is 36.2 Å². The maximum Gasteiger partial charge on any atom is 0.407 e. The van der Waals surface area contributed by atoms with Gasteiger partial charge in [-0.05, 0) is 29.3 Å². The molecule has 1 amide bonds. The molecule has 0 bridgehead atoms. The molecule has 27 heavy (non-hydrogen) atoms. The van der Waals surface area contributed by atoms with Crippen molar-refractivity contribution in [3.05, 3.63) is 39.5 Å². The van der Waals surface area contributed by atoms with Gasteiger partial charge in [0.15, 0.2) is 0 Å². The first-order valence-electron chi connectivity index (χ1n) is 8.67. The van der Waals surface area contributed by atoms with Gasteiger partial charge in [-0.2, -0.15) is 0 Å². The third-order valence-corrected chi connectivity index (χ3v) is 5.45. The number of thiophene rings is 2. The number of carbonyl (C=O) groups is 2. The van der Waals surface area contributed by atoms with Crippen molar-refractivity contribution in [1.82, 2.24) is 15.3 Å². The average molecular weight is 405 g/mol. The summed E-state index contributed by atoms with van der Waals surface area (Å²) >= 11 is 2.84. The lowest BCUT2D eigenvalue weighted by Gasteiger charge is -2.09. The van der Waals surface area contributed by atoms with Crippen molar-refractivity contribution in [1.29, 1.82) is 0 Å². The summed E-state index contributed by atoms with van der Waals surface area (Å²) in [5.74, 6) is 0.252. The first kappa shape index (κ1) is 19.2. The maximum atomic E-state index is 12.7. The molecule has 3 heterocycles. The Kier molecular flexibility index (Phi) is 6.72. The summed E-state index contributed by atoms with van der Waals surface area (Å²) in [5, 5.41) is 9.47. The highest BCUT2D eigenvalue weighted by molar-refractivity contribution is 7.17. The second kappa shape index (κ2) is 9.43. The van der Waals surface area contributed by atoms with E-state index in [2.05, 4.69) is 20.6 Å². The monoisotopic (exact) mass is 404 g/mol. The minimum atomic E-state index is -0.437. The molecule has 0 radical (unpaired) electrons. The first-order valence-corrected chi connectivity index (χ1v) is 10.4. The van der Waals surface area contributed by atoms with Crippen molar-refractivity contribution in [3.8, 4) is 0 Å². The molecule has 0 aliphatic carbocycles. The summed E-state index contributed by atoms with van der Waals surface area (Å²) in [4.78, 5) is 33.7. The Hall–Kier alpha value is -2.52. The van der Waals surface area contributed by atoms with Gasteiger partial charge in [-0.1, -0.05) is 19.4 Å². The van der Waals surface area contributed by atoms with Crippen LogP contribution in [0.2, 0.25) is 0 Å². The number of ketones is 1. The van der Waals surface area contributed by atoms with E-state index in [4.69, 9.17) is 4.74 Å². The molecule has 142 valence electrons. The number of carbonyl (C=O) groups excluding carboxylic acids is 2. The number of fused-ring (bicyclic) bond motifs is 1. The average Bonchev–Trinajstić information content (AvgIpc) is 3.36. The molecule has 7 nitrogen and oxygen atoms in total. The van der Waals surface area contributed by atoms with Gasteiger partial charge in [0.25, 0.3) is 0 Å². The quantitative estimate of drug-likeness (QED) is 0.415. The van der Waals surface area contributed by atoms with E-state index < -0.39 is 6.09 Å². The van der Waals surface area contributed by atoms with Gasteiger partial charge < -0.3 is 15.4 Å². The zero-order valence-electron chi connectivity index (χ0n) is 14.9. The van der Waals surface area contributed by atoms with Crippen LogP contribution in [-0.2, 0) is 4.74 Å². The molecule has 0 aliphatic heterocycles. The molecule has 0 fully saturated rings. The van der Waals surface area contributed by atoms with Gasteiger partial charge in [-0.25, -0.2) is 14.8 Å². The highest BCUT2D eigenvalue weighted by Gasteiger charge is 2.18. The predicted octanol–water partition coefficient (Wildman–Crippen LogP) is 3.92. The van der Waals surface area contributed by atoms with Crippen LogP contribution in [0.1, 0.15) is 35.1 Å². The van der Waals surface area contributed by atoms with Crippen LogP contribution < -0.4 is 10.6 Å². The van der Waals surface area contributed by atoms with E-state index in [1.165, 1.54) is 22.7 Å². The first-order chi connectivity index (χ1) is 13.2. The highest BCUT2D eigenvalue weighted by Crippen LogP contribution is 2.26. The fourth-order valence-electron chi connectivity index (χ4n) is 2.32. The van der Waals surface area contributed by atoms with Gasteiger partial charge >= 0.3 is 6.09 Å². The highest BCUT2D eigenvalue weighted by atomic mass is 32.1. The number of hydrogen-bond donors (Lipinski definition) is 2. The summed E-state index contributed by atoms with van der Waals surface area (Å²) < 4.78 is 5.80.